The van der Waals surface area contributed by atoms with E-state index in [-0.39, 0.29) is 17.2 Å². The van der Waals surface area contributed by atoms with Gasteiger partial charge in [0.05, 0.1) is 21.8 Å². The summed E-state index contributed by atoms with van der Waals surface area (Å²) in [6, 6.07) is 7.97. The molecule has 6 nitrogen and oxygen atoms in total. The number of aromatic nitrogens is 3. The van der Waals surface area contributed by atoms with Gasteiger partial charge >= 0.3 is 0 Å². The number of thioether (sulfide) groups is 1. The van der Waals surface area contributed by atoms with Gasteiger partial charge < -0.3 is 4.90 Å². The molecule has 0 fully saturated rings. The van der Waals surface area contributed by atoms with Gasteiger partial charge in [-0.2, -0.15) is 0 Å². The normalized spacial score (nSPS) is 13.2. The number of aryl methyl sites for hydroxylation is 1. The van der Waals surface area contributed by atoms with Crippen molar-refractivity contribution in [2.45, 2.75) is 18.5 Å². The Morgan fingerprint density at radius 3 is 2.90 bits per heavy atom. The number of anilines is 1. The summed E-state index contributed by atoms with van der Waals surface area (Å²) < 4.78 is 1.52. The van der Waals surface area contributed by atoms with Crippen molar-refractivity contribution < 1.29 is 4.79 Å². The van der Waals surface area contributed by atoms with E-state index in [0.717, 1.165) is 28.4 Å². The fraction of sp³-hybridized carbons (Fsp3) is 0.238. The van der Waals surface area contributed by atoms with Crippen LogP contribution in [0.5, 0.6) is 0 Å². The molecule has 1 aliphatic rings. The van der Waals surface area contributed by atoms with E-state index in [1.807, 2.05) is 29.3 Å². The molecule has 0 atom stereocenters. The average molecular weight is 455 g/mol. The standard InChI is InChI=1S/C21H18N4O2S3/c1-12-22-16(10-29-12)13-3-4-17-14(9-13)5-7-25(17)18(26)11-30-21-23-19-15(6-8-28-19)20(27)24(21)2/h3-4,6,8-10H,5,7,11H2,1-2H3. The third-order valence-corrected chi connectivity index (χ3v) is 7.77. The summed E-state index contributed by atoms with van der Waals surface area (Å²) in [4.78, 5) is 37.0. The minimum absolute atomic E-state index is 0.0246. The summed E-state index contributed by atoms with van der Waals surface area (Å²) in [5.41, 5.74) is 4.13. The molecule has 152 valence electrons. The van der Waals surface area contributed by atoms with E-state index in [4.69, 9.17) is 0 Å². The lowest BCUT2D eigenvalue weighted by Crippen LogP contribution is -2.30. The van der Waals surface area contributed by atoms with Gasteiger partial charge in [-0.3, -0.25) is 14.2 Å². The minimum atomic E-state index is -0.0764. The number of rotatable bonds is 4. The molecule has 0 unspecified atom stereocenters. The highest BCUT2D eigenvalue weighted by Crippen LogP contribution is 2.33. The van der Waals surface area contributed by atoms with E-state index in [1.165, 1.54) is 33.2 Å². The van der Waals surface area contributed by atoms with Gasteiger partial charge in [0, 0.05) is 30.2 Å². The van der Waals surface area contributed by atoms with Crippen LogP contribution >= 0.6 is 34.4 Å². The fourth-order valence-electron chi connectivity index (χ4n) is 3.63. The summed E-state index contributed by atoms with van der Waals surface area (Å²) >= 11 is 4.39. The lowest BCUT2D eigenvalue weighted by molar-refractivity contribution is -0.116. The number of fused-ring (bicyclic) bond motifs is 2. The maximum absolute atomic E-state index is 12.9. The minimum Gasteiger partial charge on any atom is -0.311 e. The second-order valence-corrected chi connectivity index (χ2v) is 9.98. The van der Waals surface area contributed by atoms with Crippen LogP contribution in [0.25, 0.3) is 21.5 Å². The maximum atomic E-state index is 12.9. The molecule has 0 saturated heterocycles. The van der Waals surface area contributed by atoms with Gasteiger partial charge in [0.2, 0.25) is 5.91 Å². The summed E-state index contributed by atoms with van der Waals surface area (Å²) in [6.45, 7) is 2.67. The Hall–Kier alpha value is -2.49. The first-order valence-electron chi connectivity index (χ1n) is 9.44. The Kier molecular flexibility index (Phi) is 4.96. The summed E-state index contributed by atoms with van der Waals surface area (Å²) in [5.74, 6) is 0.264. The zero-order valence-electron chi connectivity index (χ0n) is 16.4. The van der Waals surface area contributed by atoms with Crippen LogP contribution in [0.2, 0.25) is 0 Å². The smallest absolute Gasteiger partial charge is 0.262 e. The number of benzene rings is 1. The molecule has 0 spiro atoms. The fourth-order valence-corrected chi connectivity index (χ4v) is 5.90. The van der Waals surface area contributed by atoms with Crippen LogP contribution in [0.15, 0.2) is 45.0 Å². The number of hydrogen-bond acceptors (Lipinski definition) is 7. The molecule has 1 aliphatic heterocycles. The Bertz CT molecular complexity index is 1340. The first kappa shape index (κ1) is 19.5. The Labute approximate surface area is 185 Å². The summed E-state index contributed by atoms with van der Waals surface area (Å²) in [5, 5.41) is 6.16. The Balaban J connectivity index is 1.34. The largest absolute Gasteiger partial charge is 0.311 e. The van der Waals surface area contributed by atoms with Crippen LogP contribution in [0.4, 0.5) is 5.69 Å². The Morgan fingerprint density at radius 2 is 2.10 bits per heavy atom. The highest BCUT2D eigenvalue weighted by atomic mass is 32.2. The number of nitrogens with zero attached hydrogens (tertiary/aromatic N) is 4. The molecule has 0 saturated carbocycles. The van der Waals surface area contributed by atoms with Crippen molar-refractivity contribution in [2.75, 3.05) is 17.2 Å². The average Bonchev–Trinajstić information content (AvgIpc) is 3.48. The highest BCUT2D eigenvalue weighted by molar-refractivity contribution is 7.99. The van der Waals surface area contributed by atoms with Crippen LogP contribution in [0.3, 0.4) is 0 Å². The Morgan fingerprint density at radius 1 is 1.23 bits per heavy atom. The van der Waals surface area contributed by atoms with Crippen LogP contribution < -0.4 is 10.5 Å². The SMILES string of the molecule is Cc1nc(-c2ccc3c(c2)CCN3C(=O)CSc2nc3sccc3c(=O)n2C)cs1. The van der Waals surface area contributed by atoms with Gasteiger partial charge in [0.15, 0.2) is 5.16 Å². The molecule has 4 aromatic rings. The van der Waals surface area contributed by atoms with Gasteiger partial charge in [-0.15, -0.1) is 22.7 Å². The zero-order chi connectivity index (χ0) is 20.8. The van der Waals surface area contributed by atoms with Crippen molar-refractivity contribution in [3.63, 3.8) is 0 Å². The zero-order valence-corrected chi connectivity index (χ0v) is 18.9. The number of hydrogen-bond donors (Lipinski definition) is 0. The molecular formula is C21H18N4O2S3. The molecule has 1 amide bonds. The predicted octanol–water partition coefficient (Wildman–Crippen LogP) is 4.11. The molecule has 30 heavy (non-hydrogen) atoms. The van der Waals surface area contributed by atoms with E-state index < -0.39 is 0 Å². The van der Waals surface area contributed by atoms with Crippen molar-refractivity contribution >= 4 is 56.2 Å². The second kappa shape index (κ2) is 7.64. The van der Waals surface area contributed by atoms with Crippen LogP contribution in [0, 0.1) is 6.92 Å². The number of carbonyl (C=O) groups is 1. The topological polar surface area (TPSA) is 68.1 Å². The molecule has 3 aromatic heterocycles. The lowest BCUT2D eigenvalue weighted by Gasteiger charge is -2.17. The van der Waals surface area contributed by atoms with E-state index in [2.05, 4.69) is 21.4 Å². The van der Waals surface area contributed by atoms with Crippen molar-refractivity contribution in [3.8, 4) is 11.3 Å². The van der Waals surface area contributed by atoms with Gasteiger partial charge in [-0.25, -0.2) is 9.97 Å². The first-order chi connectivity index (χ1) is 14.5. The number of thiophene rings is 1. The quantitative estimate of drug-likeness (QED) is 0.343. The van der Waals surface area contributed by atoms with Gasteiger partial charge in [0.1, 0.15) is 4.83 Å². The molecule has 0 N–H and O–H groups in total. The van der Waals surface area contributed by atoms with Gasteiger partial charge in [0.25, 0.3) is 5.56 Å². The van der Waals surface area contributed by atoms with Crippen molar-refractivity contribution in [3.05, 3.63) is 56.0 Å². The molecule has 5 rings (SSSR count). The molecule has 4 heterocycles. The monoisotopic (exact) mass is 454 g/mol. The second-order valence-electron chi connectivity index (χ2n) is 7.08. The van der Waals surface area contributed by atoms with E-state index in [9.17, 15) is 9.59 Å². The molecule has 0 aliphatic carbocycles. The van der Waals surface area contributed by atoms with E-state index in [1.54, 1.807) is 24.5 Å². The van der Waals surface area contributed by atoms with Crippen LogP contribution in [-0.2, 0) is 18.3 Å². The van der Waals surface area contributed by atoms with Crippen LogP contribution in [-0.4, -0.2) is 32.7 Å². The maximum Gasteiger partial charge on any atom is 0.262 e. The lowest BCUT2D eigenvalue weighted by atomic mass is 10.1. The number of thiazole rings is 1. The molecule has 0 bridgehead atoms. The molecule has 0 radical (unpaired) electrons. The third kappa shape index (κ3) is 3.36. The van der Waals surface area contributed by atoms with Gasteiger partial charge in [-0.05, 0) is 42.5 Å². The van der Waals surface area contributed by atoms with Crippen molar-refractivity contribution in [2.24, 2.45) is 7.05 Å². The predicted molar refractivity (Wildman–Crippen MR) is 124 cm³/mol. The summed E-state index contributed by atoms with van der Waals surface area (Å²) in [6.07, 6.45) is 0.834. The number of carbonyl (C=O) groups excluding carboxylic acids is 1. The molecule has 1 aromatic carbocycles. The number of amides is 1. The highest BCUT2D eigenvalue weighted by Gasteiger charge is 2.25. The van der Waals surface area contributed by atoms with E-state index >= 15 is 0 Å². The van der Waals surface area contributed by atoms with Crippen LogP contribution in [0.1, 0.15) is 10.6 Å². The molecular weight excluding hydrogens is 436 g/mol. The van der Waals surface area contributed by atoms with Gasteiger partial charge in [-0.1, -0.05) is 17.8 Å². The molecule has 9 heteroatoms. The third-order valence-electron chi connectivity index (χ3n) is 5.18. The summed E-state index contributed by atoms with van der Waals surface area (Å²) in [7, 11) is 1.70. The van der Waals surface area contributed by atoms with Crippen molar-refractivity contribution in [1.82, 2.24) is 14.5 Å². The van der Waals surface area contributed by atoms with Crippen molar-refractivity contribution in [1.29, 1.82) is 0 Å². The van der Waals surface area contributed by atoms with E-state index in [0.29, 0.717) is 21.9 Å². The first-order valence-corrected chi connectivity index (χ1v) is 12.2.